The summed E-state index contributed by atoms with van der Waals surface area (Å²) in [4.78, 5) is 12.1. The Morgan fingerprint density at radius 3 is 2.78 bits per heavy atom. The molecule has 0 aromatic heterocycles. The Labute approximate surface area is 111 Å². The summed E-state index contributed by atoms with van der Waals surface area (Å²) in [7, 11) is 0. The van der Waals surface area contributed by atoms with Crippen LogP contribution in [0.4, 0.5) is 0 Å². The standard InChI is InChI=1S/C15H27NO2/c1-4-18-13(17)12-10-16-11-15(12)7-5-6-14(2,3)8-9-15/h12,16H,4-11H2,1-3H3. The lowest BCUT2D eigenvalue weighted by Crippen LogP contribution is -2.36. The van der Waals surface area contributed by atoms with Crippen molar-refractivity contribution >= 4 is 5.97 Å². The van der Waals surface area contributed by atoms with Gasteiger partial charge >= 0.3 is 5.97 Å². The second-order valence-corrected chi connectivity index (χ2v) is 6.82. The molecule has 0 bridgehead atoms. The van der Waals surface area contributed by atoms with Crippen LogP contribution in [-0.2, 0) is 9.53 Å². The van der Waals surface area contributed by atoms with E-state index in [-0.39, 0.29) is 17.3 Å². The third-order valence-corrected chi connectivity index (χ3v) is 4.96. The van der Waals surface area contributed by atoms with Crippen molar-refractivity contribution < 1.29 is 9.53 Å². The van der Waals surface area contributed by atoms with Crippen molar-refractivity contribution in [2.75, 3.05) is 19.7 Å². The molecule has 1 heterocycles. The molecule has 1 spiro atoms. The Kier molecular flexibility index (Phi) is 4.00. The van der Waals surface area contributed by atoms with Crippen LogP contribution in [0.25, 0.3) is 0 Å². The average Bonchev–Trinajstić information content (AvgIpc) is 2.64. The van der Waals surface area contributed by atoms with E-state index in [0.717, 1.165) is 19.5 Å². The second kappa shape index (κ2) is 5.20. The quantitative estimate of drug-likeness (QED) is 0.769. The zero-order valence-corrected chi connectivity index (χ0v) is 12.1. The highest BCUT2D eigenvalue weighted by atomic mass is 16.5. The summed E-state index contributed by atoms with van der Waals surface area (Å²) in [5.74, 6) is 0.0913. The molecule has 18 heavy (non-hydrogen) atoms. The minimum atomic E-state index is 0.0159. The van der Waals surface area contributed by atoms with Gasteiger partial charge in [0.2, 0.25) is 0 Å². The number of carbonyl (C=O) groups excluding carboxylic acids is 1. The Morgan fingerprint density at radius 1 is 1.28 bits per heavy atom. The van der Waals surface area contributed by atoms with Gasteiger partial charge in [0.15, 0.2) is 0 Å². The first kappa shape index (κ1) is 13.9. The van der Waals surface area contributed by atoms with Crippen molar-refractivity contribution in [2.45, 2.75) is 52.9 Å². The van der Waals surface area contributed by atoms with E-state index in [1.165, 1.54) is 25.7 Å². The van der Waals surface area contributed by atoms with E-state index in [0.29, 0.717) is 12.0 Å². The van der Waals surface area contributed by atoms with Crippen molar-refractivity contribution in [3.8, 4) is 0 Å². The summed E-state index contributed by atoms with van der Waals surface area (Å²) in [6, 6.07) is 0. The van der Waals surface area contributed by atoms with Crippen LogP contribution >= 0.6 is 0 Å². The van der Waals surface area contributed by atoms with Crippen molar-refractivity contribution in [3.63, 3.8) is 0 Å². The molecule has 3 heteroatoms. The number of carbonyl (C=O) groups is 1. The monoisotopic (exact) mass is 253 g/mol. The first-order valence-corrected chi connectivity index (χ1v) is 7.36. The normalized spacial score (nSPS) is 35.4. The van der Waals surface area contributed by atoms with Gasteiger partial charge in [-0.3, -0.25) is 4.79 Å². The second-order valence-electron chi connectivity index (χ2n) is 6.82. The number of esters is 1. The largest absolute Gasteiger partial charge is 0.466 e. The number of hydrogen-bond acceptors (Lipinski definition) is 3. The van der Waals surface area contributed by atoms with E-state index < -0.39 is 0 Å². The molecule has 2 rings (SSSR count). The third-order valence-electron chi connectivity index (χ3n) is 4.96. The molecule has 2 aliphatic rings. The van der Waals surface area contributed by atoms with Crippen LogP contribution in [0, 0.1) is 16.7 Å². The molecule has 1 saturated heterocycles. The lowest BCUT2D eigenvalue weighted by molar-refractivity contribution is -0.151. The highest BCUT2D eigenvalue weighted by molar-refractivity contribution is 5.74. The maximum absolute atomic E-state index is 12.1. The number of rotatable bonds is 2. The minimum Gasteiger partial charge on any atom is -0.466 e. The molecule has 1 aliphatic carbocycles. The summed E-state index contributed by atoms with van der Waals surface area (Å²) in [5.41, 5.74) is 0.603. The maximum atomic E-state index is 12.1. The lowest BCUT2D eigenvalue weighted by Gasteiger charge is -2.33. The van der Waals surface area contributed by atoms with E-state index in [2.05, 4.69) is 19.2 Å². The summed E-state index contributed by atoms with van der Waals surface area (Å²) in [6.45, 7) is 8.90. The Bertz CT molecular complexity index is 314. The molecule has 0 amide bonds. The van der Waals surface area contributed by atoms with Crippen LogP contribution in [0.15, 0.2) is 0 Å². The van der Waals surface area contributed by atoms with Gasteiger partial charge in [-0.2, -0.15) is 0 Å². The Balaban J connectivity index is 2.11. The number of nitrogens with one attached hydrogen (secondary N) is 1. The van der Waals surface area contributed by atoms with Crippen LogP contribution in [0.3, 0.4) is 0 Å². The predicted molar refractivity (Wildman–Crippen MR) is 72.3 cm³/mol. The molecule has 2 fully saturated rings. The van der Waals surface area contributed by atoms with Crippen LogP contribution in [0.5, 0.6) is 0 Å². The van der Waals surface area contributed by atoms with Gasteiger partial charge in [0.1, 0.15) is 0 Å². The average molecular weight is 253 g/mol. The fraction of sp³-hybridized carbons (Fsp3) is 0.933. The van der Waals surface area contributed by atoms with Gasteiger partial charge < -0.3 is 10.1 Å². The number of ether oxygens (including phenoxy) is 1. The van der Waals surface area contributed by atoms with Crippen molar-refractivity contribution in [1.29, 1.82) is 0 Å². The van der Waals surface area contributed by atoms with Crippen molar-refractivity contribution in [3.05, 3.63) is 0 Å². The predicted octanol–water partition coefficient (Wildman–Crippen LogP) is 2.75. The summed E-state index contributed by atoms with van der Waals surface area (Å²) in [6.07, 6.45) is 6.09. The molecule has 104 valence electrons. The molecule has 3 nitrogen and oxygen atoms in total. The van der Waals surface area contributed by atoms with Gasteiger partial charge in [0.25, 0.3) is 0 Å². The molecule has 2 unspecified atom stereocenters. The lowest BCUT2D eigenvalue weighted by atomic mass is 9.71. The van der Waals surface area contributed by atoms with E-state index in [4.69, 9.17) is 4.74 Å². The molecule has 1 N–H and O–H groups in total. The SMILES string of the molecule is CCOC(=O)C1CNCC12CCCC(C)(C)CC2. The Hall–Kier alpha value is -0.570. The maximum Gasteiger partial charge on any atom is 0.310 e. The van der Waals surface area contributed by atoms with E-state index in [1.54, 1.807) is 0 Å². The van der Waals surface area contributed by atoms with Gasteiger partial charge in [-0.1, -0.05) is 20.3 Å². The smallest absolute Gasteiger partial charge is 0.310 e. The summed E-state index contributed by atoms with van der Waals surface area (Å²) < 4.78 is 5.27. The van der Waals surface area contributed by atoms with Crippen LogP contribution in [-0.4, -0.2) is 25.7 Å². The molecule has 0 aromatic rings. The zero-order valence-electron chi connectivity index (χ0n) is 12.1. The first-order valence-electron chi connectivity index (χ1n) is 7.36. The van der Waals surface area contributed by atoms with Gasteiger partial charge in [-0.25, -0.2) is 0 Å². The van der Waals surface area contributed by atoms with Crippen molar-refractivity contribution in [2.24, 2.45) is 16.7 Å². The van der Waals surface area contributed by atoms with Crippen LogP contribution < -0.4 is 5.32 Å². The third kappa shape index (κ3) is 2.71. The fourth-order valence-electron chi connectivity index (χ4n) is 3.66. The zero-order chi connectivity index (χ0) is 13.2. The highest BCUT2D eigenvalue weighted by Gasteiger charge is 2.48. The van der Waals surface area contributed by atoms with Crippen LogP contribution in [0.1, 0.15) is 52.9 Å². The molecule has 1 aliphatic heterocycles. The van der Waals surface area contributed by atoms with Crippen LogP contribution in [0.2, 0.25) is 0 Å². The van der Waals surface area contributed by atoms with Crippen molar-refractivity contribution in [1.82, 2.24) is 5.32 Å². The van der Waals surface area contributed by atoms with Gasteiger partial charge in [0.05, 0.1) is 12.5 Å². The van der Waals surface area contributed by atoms with Gasteiger partial charge in [-0.05, 0) is 43.4 Å². The minimum absolute atomic E-state index is 0.0159. The topological polar surface area (TPSA) is 38.3 Å². The highest BCUT2D eigenvalue weighted by Crippen LogP contribution is 2.48. The fourth-order valence-corrected chi connectivity index (χ4v) is 3.66. The molecule has 0 aromatic carbocycles. The van der Waals surface area contributed by atoms with E-state index in [9.17, 15) is 4.79 Å². The summed E-state index contributed by atoms with van der Waals surface area (Å²) >= 11 is 0. The molecule has 0 radical (unpaired) electrons. The number of hydrogen-bond donors (Lipinski definition) is 1. The molecule has 1 saturated carbocycles. The first-order chi connectivity index (χ1) is 8.49. The summed E-state index contributed by atoms with van der Waals surface area (Å²) in [5, 5.41) is 3.43. The molecular formula is C15H27NO2. The van der Waals surface area contributed by atoms with E-state index in [1.807, 2.05) is 6.92 Å². The molecular weight excluding hydrogens is 226 g/mol. The van der Waals surface area contributed by atoms with Gasteiger partial charge in [0, 0.05) is 13.1 Å². The Morgan fingerprint density at radius 2 is 2.06 bits per heavy atom. The van der Waals surface area contributed by atoms with Gasteiger partial charge in [-0.15, -0.1) is 0 Å². The van der Waals surface area contributed by atoms with E-state index >= 15 is 0 Å². The molecule has 2 atom stereocenters.